The first-order valence-electron chi connectivity index (χ1n) is 14.0. The fourth-order valence-corrected chi connectivity index (χ4v) is 4.92. The summed E-state index contributed by atoms with van der Waals surface area (Å²) in [4.78, 5) is 2.90. The molecule has 6 rings (SSSR count). The summed E-state index contributed by atoms with van der Waals surface area (Å²) >= 11 is 0. The second-order valence-corrected chi connectivity index (χ2v) is 9.98. The topological polar surface area (TPSA) is 41.8 Å². The van der Waals surface area contributed by atoms with E-state index < -0.39 is 0 Å². The van der Waals surface area contributed by atoms with Crippen LogP contribution in [-0.2, 0) is 13.0 Å². The summed E-state index contributed by atoms with van der Waals surface area (Å²) in [7, 11) is 0. The number of aryl methyl sites for hydroxylation is 1. The number of hydrogen-bond donors (Lipinski definition) is 2. The molecule has 0 amide bonds. The summed E-state index contributed by atoms with van der Waals surface area (Å²) in [5, 5.41) is 0. The normalized spacial score (nSPS) is 10.6. The van der Waals surface area contributed by atoms with Gasteiger partial charge in [0.1, 0.15) is 0 Å². The smallest absolute Gasteiger partial charge is 0.0193 e. The van der Waals surface area contributed by atoms with Crippen LogP contribution in [0.4, 0.5) is 0 Å². The maximum Gasteiger partial charge on any atom is 0.0193 e. The molecule has 6 aromatic rings. The van der Waals surface area contributed by atoms with Crippen LogP contribution in [0.1, 0.15) is 24.5 Å². The van der Waals surface area contributed by atoms with E-state index in [2.05, 4.69) is 139 Å². The van der Waals surface area contributed by atoms with Crippen molar-refractivity contribution in [3.05, 3.63) is 157 Å². The van der Waals surface area contributed by atoms with Crippen LogP contribution < -0.4 is 5.73 Å². The van der Waals surface area contributed by atoms with Crippen LogP contribution >= 0.6 is 0 Å². The highest BCUT2D eigenvalue weighted by atomic mass is 14.6. The van der Waals surface area contributed by atoms with E-state index in [0.29, 0.717) is 6.54 Å². The fraction of sp³-hybridized carbons (Fsp3) is 0.105. The highest BCUT2D eigenvalue weighted by Gasteiger charge is 2.08. The molecule has 0 unspecified atom stereocenters. The summed E-state index contributed by atoms with van der Waals surface area (Å²) in [6.07, 6.45) is 6.05. The van der Waals surface area contributed by atoms with Crippen molar-refractivity contribution in [1.82, 2.24) is 4.98 Å². The van der Waals surface area contributed by atoms with Gasteiger partial charge in [0.25, 0.3) is 0 Å². The molecule has 0 atom stereocenters. The van der Waals surface area contributed by atoms with Crippen LogP contribution in [0, 0.1) is 0 Å². The van der Waals surface area contributed by atoms with Crippen molar-refractivity contribution in [3.63, 3.8) is 0 Å². The molecule has 0 saturated carbocycles. The van der Waals surface area contributed by atoms with Gasteiger partial charge in [-0.2, -0.15) is 0 Å². The largest absolute Gasteiger partial charge is 0.367 e. The van der Waals surface area contributed by atoms with Crippen LogP contribution in [-0.4, -0.2) is 4.98 Å². The van der Waals surface area contributed by atoms with Gasteiger partial charge < -0.3 is 10.7 Å². The Hall–Kier alpha value is -4.66. The van der Waals surface area contributed by atoms with Crippen LogP contribution in [0.15, 0.2) is 146 Å². The molecule has 0 aliphatic heterocycles. The van der Waals surface area contributed by atoms with Crippen LogP contribution in [0.2, 0.25) is 0 Å². The molecule has 3 N–H and O–H groups in total. The van der Waals surface area contributed by atoms with Gasteiger partial charge in [-0.25, -0.2) is 0 Å². The quantitative estimate of drug-likeness (QED) is 0.216. The zero-order chi connectivity index (χ0) is 27.6. The number of benzene rings is 5. The standard InChI is InChI=1S/C33H28.C5H8N2/c1-2-10-25-11-9-16-30(21-25)28-17-19-29(20-18-28)33-23-31(26-12-5-3-6-13-26)22-32(24-33)27-14-7-4-8-15-27;6-3-5-1-2-7-4-5/h3-9,11-24H,2,10H2,1H3;1-2,4,7H,3,6H2. The Balaban J connectivity index is 0.000000403. The van der Waals surface area contributed by atoms with Crippen molar-refractivity contribution in [3.8, 4) is 44.5 Å². The zero-order valence-electron chi connectivity index (χ0n) is 23.1. The van der Waals surface area contributed by atoms with E-state index in [9.17, 15) is 0 Å². The SMILES string of the molecule is CCCc1cccc(-c2ccc(-c3cc(-c4ccccc4)cc(-c4ccccc4)c3)cc2)c1.NCc1cc[nH]c1. The number of nitrogens with one attached hydrogen (secondary N) is 1. The van der Waals surface area contributed by atoms with E-state index in [1.54, 1.807) is 0 Å². The molecular weight excluding hydrogens is 484 g/mol. The van der Waals surface area contributed by atoms with Gasteiger partial charge in [-0.1, -0.05) is 123 Å². The van der Waals surface area contributed by atoms with Gasteiger partial charge in [-0.3, -0.25) is 0 Å². The molecule has 0 saturated heterocycles. The molecule has 198 valence electrons. The minimum atomic E-state index is 0.628. The molecule has 40 heavy (non-hydrogen) atoms. The predicted octanol–water partition coefficient (Wildman–Crippen LogP) is 9.78. The Morgan fingerprint density at radius 1 is 0.475 bits per heavy atom. The van der Waals surface area contributed by atoms with Gasteiger partial charge in [-0.05, 0) is 86.3 Å². The summed E-state index contributed by atoms with van der Waals surface area (Å²) in [5.41, 5.74) is 17.8. The molecule has 0 aliphatic carbocycles. The monoisotopic (exact) mass is 520 g/mol. The third kappa shape index (κ3) is 6.85. The highest BCUT2D eigenvalue weighted by Crippen LogP contribution is 2.34. The lowest BCUT2D eigenvalue weighted by atomic mass is 9.92. The second-order valence-electron chi connectivity index (χ2n) is 9.98. The third-order valence-corrected chi connectivity index (χ3v) is 7.06. The lowest BCUT2D eigenvalue weighted by Gasteiger charge is -2.12. The highest BCUT2D eigenvalue weighted by molar-refractivity contribution is 5.82. The molecule has 0 fully saturated rings. The number of H-pyrrole nitrogens is 1. The van der Waals surface area contributed by atoms with Gasteiger partial charge in [-0.15, -0.1) is 0 Å². The van der Waals surface area contributed by atoms with Crippen molar-refractivity contribution >= 4 is 0 Å². The van der Waals surface area contributed by atoms with Crippen LogP contribution in [0.5, 0.6) is 0 Å². The van der Waals surface area contributed by atoms with Gasteiger partial charge in [0.15, 0.2) is 0 Å². The summed E-state index contributed by atoms with van der Waals surface area (Å²) < 4.78 is 0. The Morgan fingerprint density at radius 3 is 1.43 bits per heavy atom. The Kier molecular flexibility index (Phi) is 9.03. The third-order valence-electron chi connectivity index (χ3n) is 7.06. The molecule has 1 heterocycles. The molecule has 2 nitrogen and oxygen atoms in total. The first-order chi connectivity index (χ1) is 19.7. The molecule has 0 aliphatic rings. The minimum Gasteiger partial charge on any atom is -0.367 e. The average molecular weight is 521 g/mol. The summed E-state index contributed by atoms with van der Waals surface area (Å²) in [6.45, 7) is 2.86. The first kappa shape index (κ1) is 26.9. The van der Waals surface area contributed by atoms with Crippen LogP contribution in [0.3, 0.4) is 0 Å². The van der Waals surface area contributed by atoms with E-state index in [4.69, 9.17) is 5.73 Å². The minimum absolute atomic E-state index is 0.628. The first-order valence-corrected chi connectivity index (χ1v) is 14.0. The van der Waals surface area contributed by atoms with E-state index in [1.807, 2.05) is 18.5 Å². The van der Waals surface area contributed by atoms with Crippen molar-refractivity contribution in [2.45, 2.75) is 26.3 Å². The molecule has 5 aromatic carbocycles. The molecule has 2 heteroatoms. The number of nitrogens with two attached hydrogens (primary N) is 1. The Bertz CT molecular complexity index is 1540. The van der Waals surface area contributed by atoms with E-state index >= 15 is 0 Å². The molecular formula is C38H36N2. The Labute approximate surface area is 238 Å². The maximum absolute atomic E-state index is 5.27. The molecule has 0 spiro atoms. The maximum atomic E-state index is 5.27. The predicted molar refractivity (Wildman–Crippen MR) is 171 cm³/mol. The van der Waals surface area contributed by atoms with Crippen LogP contribution in [0.25, 0.3) is 44.5 Å². The van der Waals surface area contributed by atoms with Gasteiger partial charge >= 0.3 is 0 Å². The van der Waals surface area contributed by atoms with E-state index in [1.165, 1.54) is 56.5 Å². The lowest BCUT2D eigenvalue weighted by molar-refractivity contribution is 0.922. The molecule has 0 radical (unpaired) electrons. The van der Waals surface area contributed by atoms with E-state index in [-0.39, 0.29) is 0 Å². The number of aromatic nitrogens is 1. The molecule has 1 aromatic heterocycles. The fourth-order valence-electron chi connectivity index (χ4n) is 4.92. The summed E-state index contributed by atoms with van der Waals surface area (Å²) in [5.74, 6) is 0. The van der Waals surface area contributed by atoms with Gasteiger partial charge in [0.05, 0.1) is 0 Å². The van der Waals surface area contributed by atoms with E-state index in [0.717, 1.165) is 12.0 Å². The molecule has 0 bridgehead atoms. The van der Waals surface area contributed by atoms with Crippen molar-refractivity contribution in [2.75, 3.05) is 0 Å². The number of aromatic amines is 1. The number of rotatable bonds is 7. The second kappa shape index (κ2) is 13.4. The Morgan fingerprint density at radius 2 is 0.975 bits per heavy atom. The van der Waals surface area contributed by atoms with Crippen molar-refractivity contribution in [1.29, 1.82) is 0 Å². The van der Waals surface area contributed by atoms with Gasteiger partial charge in [0, 0.05) is 18.9 Å². The summed E-state index contributed by atoms with van der Waals surface area (Å²) in [6, 6.07) is 48.1. The zero-order valence-corrected chi connectivity index (χ0v) is 23.1. The number of hydrogen-bond acceptors (Lipinski definition) is 1. The van der Waals surface area contributed by atoms with Crippen molar-refractivity contribution < 1.29 is 0 Å². The van der Waals surface area contributed by atoms with Gasteiger partial charge in [0.2, 0.25) is 0 Å². The average Bonchev–Trinajstić information content (AvgIpc) is 3.57. The lowest BCUT2D eigenvalue weighted by Crippen LogP contribution is -1.92. The van der Waals surface area contributed by atoms with Crippen molar-refractivity contribution in [2.24, 2.45) is 5.73 Å².